The molecule has 43 heavy (non-hydrogen) atoms. The summed E-state index contributed by atoms with van der Waals surface area (Å²) in [6, 6.07) is 8.36. The van der Waals surface area contributed by atoms with Crippen molar-refractivity contribution in [1.29, 1.82) is 0 Å². The standard InChI is InChI=1S/C26H27ClN2O3S.C5H2N4O/c1-2-3-8-25-28-23(26(27)29-25)14-18-13-22-17(15-24(18)33(30,31)32)10-12-20-19-7-5-4-6-16(19)9-11-21(20)22;10-5-3-4(7-1-6-3)8-2-9-5/h4-5,7,9-13,18,24H,2-3,6,8,14-15H2,1H3,(H,28,29)(H,30,31,32);1-2H. The molecule has 3 aromatic rings. The lowest BCUT2D eigenvalue weighted by Crippen LogP contribution is -2.38. The molecular formula is C31H29ClN6O4S. The lowest BCUT2D eigenvalue weighted by molar-refractivity contribution is -0.111. The molecule has 10 nitrogen and oxygen atoms in total. The Balaban J connectivity index is 0.000000277. The number of unbranched alkanes of at least 4 members (excludes halogenated alkanes) is 1. The predicted molar refractivity (Wildman–Crippen MR) is 170 cm³/mol. The van der Waals surface area contributed by atoms with Crippen molar-refractivity contribution in [2.75, 3.05) is 0 Å². The number of hydrogen-bond donors (Lipinski definition) is 2. The number of nitrogens with zero attached hydrogens (tertiary/aromatic N) is 5. The van der Waals surface area contributed by atoms with E-state index in [2.05, 4.69) is 73.3 Å². The second-order valence-electron chi connectivity index (χ2n) is 10.7. The van der Waals surface area contributed by atoms with Gasteiger partial charge in [0.25, 0.3) is 10.1 Å². The van der Waals surface area contributed by atoms with E-state index in [4.69, 9.17) is 11.6 Å². The highest BCUT2D eigenvalue weighted by Gasteiger charge is 2.35. The summed E-state index contributed by atoms with van der Waals surface area (Å²) < 4.78 is 34.8. The maximum Gasteiger partial charge on any atom is 0.301 e. The zero-order valence-corrected chi connectivity index (χ0v) is 24.9. The average Bonchev–Trinajstić information content (AvgIpc) is 3.62. The number of benzene rings is 2. The van der Waals surface area contributed by atoms with Gasteiger partial charge in [0.2, 0.25) is 0 Å². The largest absolute Gasteiger partial charge is 0.345 e. The van der Waals surface area contributed by atoms with Gasteiger partial charge in [-0.2, -0.15) is 13.4 Å². The number of fused-ring (bicyclic) bond motifs is 6. The number of aromatic amines is 1. The Morgan fingerprint density at radius 3 is 2.58 bits per heavy atom. The Hall–Kier alpha value is -4.06. The molecule has 12 heteroatoms. The fourth-order valence-electron chi connectivity index (χ4n) is 5.83. The SMILES string of the molecule is CCCCc1nc(Cl)c(CC2C=c3c(ccc4c5c(ccc34)CC=CC=5)CC2S(=O)(=O)O)[nH]1.O=C1N=CN=C2N=CN=C12. The third-order valence-corrected chi connectivity index (χ3v) is 9.58. The van der Waals surface area contributed by atoms with Gasteiger partial charge >= 0.3 is 5.91 Å². The number of carbonyl (C=O) groups is 1. The summed E-state index contributed by atoms with van der Waals surface area (Å²) in [4.78, 5) is 33.0. The van der Waals surface area contributed by atoms with E-state index in [1.165, 1.54) is 23.5 Å². The summed E-state index contributed by atoms with van der Waals surface area (Å²) >= 11 is 6.40. The first kappa shape index (κ1) is 29.0. The minimum Gasteiger partial charge on any atom is -0.345 e. The highest BCUT2D eigenvalue weighted by atomic mass is 35.5. The molecule has 4 aliphatic rings. The molecule has 220 valence electrons. The van der Waals surface area contributed by atoms with E-state index in [1.807, 2.05) is 12.1 Å². The fourth-order valence-corrected chi connectivity index (χ4v) is 7.07. The quantitative estimate of drug-likeness (QED) is 0.407. The van der Waals surface area contributed by atoms with Crippen LogP contribution in [0.25, 0.3) is 22.9 Å². The fraction of sp³-hybridized carbons (Fsp3) is 0.290. The van der Waals surface area contributed by atoms with E-state index >= 15 is 0 Å². The van der Waals surface area contributed by atoms with Gasteiger partial charge in [-0.1, -0.05) is 73.5 Å². The number of halogens is 1. The number of rotatable bonds is 6. The van der Waals surface area contributed by atoms with Gasteiger partial charge < -0.3 is 4.98 Å². The summed E-state index contributed by atoms with van der Waals surface area (Å²) in [5.41, 5.74) is 3.18. The first-order chi connectivity index (χ1) is 20.7. The van der Waals surface area contributed by atoms with E-state index in [-0.39, 0.29) is 18.0 Å². The Kier molecular flexibility index (Phi) is 8.04. The van der Waals surface area contributed by atoms with Crippen LogP contribution in [-0.2, 0) is 40.6 Å². The van der Waals surface area contributed by atoms with Crippen LogP contribution in [0.4, 0.5) is 0 Å². The molecule has 0 saturated carbocycles. The molecule has 0 radical (unpaired) electrons. The lowest BCUT2D eigenvalue weighted by atomic mass is 9.85. The number of allylic oxidation sites excluding steroid dienone is 2. The molecule has 0 fully saturated rings. The number of aromatic nitrogens is 2. The molecule has 1 aromatic heterocycles. The normalized spacial score (nSPS) is 19.8. The van der Waals surface area contributed by atoms with Crippen LogP contribution in [0.5, 0.6) is 0 Å². The monoisotopic (exact) mass is 616 g/mol. The van der Waals surface area contributed by atoms with Gasteiger partial charge in [-0.05, 0) is 58.0 Å². The molecule has 2 unspecified atom stereocenters. The van der Waals surface area contributed by atoms with Crippen molar-refractivity contribution in [1.82, 2.24) is 9.97 Å². The number of aliphatic imine (C=N–C) groups is 4. The molecule has 0 saturated heterocycles. The first-order valence-electron chi connectivity index (χ1n) is 14.1. The third-order valence-electron chi connectivity index (χ3n) is 7.98. The Bertz CT molecular complexity index is 2020. The molecule has 2 N–H and O–H groups in total. The molecule has 0 spiro atoms. The molecule has 2 atom stereocenters. The lowest BCUT2D eigenvalue weighted by Gasteiger charge is -2.27. The Morgan fingerprint density at radius 1 is 1.05 bits per heavy atom. The van der Waals surface area contributed by atoms with Gasteiger partial charge in [0, 0.05) is 12.3 Å². The summed E-state index contributed by atoms with van der Waals surface area (Å²) in [5, 5.41) is 3.99. The maximum atomic E-state index is 12.3. The second-order valence-corrected chi connectivity index (χ2v) is 12.7. The summed E-state index contributed by atoms with van der Waals surface area (Å²) in [6.07, 6.45) is 15.2. The van der Waals surface area contributed by atoms with Gasteiger partial charge in [-0.3, -0.25) is 9.35 Å². The van der Waals surface area contributed by atoms with Crippen LogP contribution in [0.1, 0.15) is 42.4 Å². The van der Waals surface area contributed by atoms with Crippen LogP contribution in [0, 0.1) is 5.92 Å². The number of amides is 1. The number of hydrogen-bond acceptors (Lipinski definition) is 7. The number of carbonyl (C=O) groups excluding carboxylic acids is 1. The van der Waals surface area contributed by atoms with Crippen LogP contribution in [-0.4, -0.2) is 58.3 Å². The zero-order valence-electron chi connectivity index (χ0n) is 23.4. The molecule has 3 heterocycles. The molecule has 2 aromatic carbocycles. The van der Waals surface area contributed by atoms with Crippen molar-refractivity contribution in [3.8, 4) is 0 Å². The number of imidazole rings is 1. The van der Waals surface area contributed by atoms with Crippen molar-refractivity contribution >= 4 is 74.8 Å². The van der Waals surface area contributed by atoms with Crippen molar-refractivity contribution in [2.45, 2.75) is 50.7 Å². The molecule has 7 rings (SSSR count). The Morgan fingerprint density at radius 2 is 1.81 bits per heavy atom. The van der Waals surface area contributed by atoms with Crippen LogP contribution in [0.3, 0.4) is 0 Å². The average molecular weight is 617 g/mol. The van der Waals surface area contributed by atoms with E-state index < -0.39 is 21.3 Å². The molecule has 1 amide bonds. The van der Waals surface area contributed by atoms with Crippen molar-refractivity contribution in [3.63, 3.8) is 0 Å². The minimum absolute atomic E-state index is 0.238. The predicted octanol–water partition coefficient (Wildman–Crippen LogP) is 3.34. The van der Waals surface area contributed by atoms with Crippen LogP contribution < -0.4 is 10.4 Å². The summed E-state index contributed by atoms with van der Waals surface area (Å²) in [7, 11) is -4.25. The zero-order chi connectivity index (χ0) is 30.1. The topological polar surface area (TPSA) is 150 Å². The molecule has 2 aliphatic heterocycles. The highest BCUT2D eigenvalue weighted by Crippen LogP contribution is 2.29. The first-order valence-corrected chi connectivity index (χ1v) is 16.0. The van der Waals surface area contributed by atoms with Crippen LogP contribution in [0.2, 0.25) is 5.15 Å². The van der Waals surface area contributed by atoms with Crippen LogP contribution >= 0.6 is 11.6 Å². The van der Waals surface area contributed by atoms with Crippen molar-refractivity contribution in [3.05, 3.63) is 74.7 Å². The minimum atomic E-state index is -4.25. The maximum absolute atomic E-state index is 12.3. The second kappa shape index (κ2) is 11.9. The van der Waals surface area contributed by atoms with Crippen LogP contribution in [0.15, 0.2) is 56.4 Å². The third kappa shape index (κ3) is 5.93. The van der Waals surface area contributed by atoms with Gasteiger partial charge in [0.1, 0.15) is 23.7 Å². The number of nitrogens with one attached hydrogen (secondary N) is 1. The van der Waals surface area contributed by atoms with Gasteiger partial charge in [-0.15, -0.1) is 0 Å². The van der Waals surface area contributed by atoms with Gasteiger partial charge in [0.05, 0.1) is 10.9 Å². The summed E-state index contributed by atoms with van der Waals surface area (Å²) in [5.74, 6) is 0.384. The van der Waals surface area contributed by atoms with Gasteiger partial charge in [0.15, 0.2) is 11.5 Å². The molecule has 0 bridgehead atoms. The van der Waals surface area contributed by atoms with Gasteiger partial charge in [-0.25, -0.2) is 20.0 Å². The van der Waals surface area contributed by atoms with Crippen molar-refractivity contribution in [2.24, 2.45) is 25.9 Å². The van der Waals surface area contributed by atoms with E-state index in [9.17, 15) is 17.8 Å². The molecular weight excluding hydrogens is 588 g/mol. The Labute approximate surface area is 253 Å². The number of amidine groups is 1. The highest BCUT2D eigenvalue weighted by molar-refractivity contribution is 7.86. The number of aryl methyl sites for hydroxylation is 1. The number of H-pyrrole nitrogens is 1. The van der Waals surface area contributed by atoms with E-state index in [0.29, 0.717) is 17.4 Å². The van der Waals surface area contributed by atoms with E-state index in [0.717, 1.165) is 58.8 Å². The molecule has 2 aliphatic carbocycles. The van der Waals surface area contributed by atoms with E-state index in [1.54, 1.807) is 0 Å². The smallest absolute Gasteiger partial charge is 0.301 e. The summed E-state index contributed by atoms with van der Waals surface area (Å²) in [6.45, 7) is 2.12. The van der Waals surface area contributed by atoms with Crippen molar-refractivity contribution < 1.29 is 17.8 Å².